The molecule has 0 saturated carbocycles. The summed E-state index contributed by atoms with van der Waals surface area (Å²) in [6, 6.07) is 9.65. The van der Waals surface area contributed by atoms with Gasteiger partial charge in [0.1, 0.15) is 5.82 Å². The number of rotatable bonds is 9. The van der Waals surface area contributed by atoms with E-state index >= 15 is 0 Å². The molecule has 146 valence electrons. The summed E-state index contributed by atoms with van der Waals surface area (Å²) in [5, 5.41) is 6.25. The molecule has 0 fully saturated rings. The van der Waals surface area contributed by atoms with E-state index in [1.54, 1.807) is 18.3 Å². The number of hydrogen-bond acceptors (Lipinski definition) is 5. The minimum absolute atomic E-state index is 0.133. The zero-order chi connectivity index (χ0) is 19.8. The Kier molecular flexibility index (Phi) is 7.61. The fraction of sp³-hybridized carbons (Fsp3) is 0.429. The van der Waals surface area contributed by atoms with Crippen LogP contribution in [0.2, 0.25) is 0 Å². The maximum atomic E-state index is 12.6. The highest BCUT2D eigenvalue weighted by Crippen LogP contribution is 2.23. The van der Waals surface area contributed by atoms with Gasteiger partial charge in [-0.1, -0.05) is 0 Å². The van der Waals surface area contributed by atoms with E-state index in [1.807, 2.05) is 27.1 Å². The highest BCUT2D eigenvalue weighted by Gasteiger charge is 2.10. The van der Waals surface area contributed by atoms with Crippen molar-refractivity contribution in [2.45, 2.75) is 20.8 Å². The van der Waals surface area contributed by atoms with Crippen LogP contribution in [0.1, 0.15) is 29.8 Å². The second-order valence-corrected chi connectivity index (χ2v) is 6.79. The van der Waals surface area contributed by atoms with E-state index < -0.39 is 0 Å². The predicted octanol–water partition coefficient (Wildman–Crippen LogP) is 3.46. The quantitative estimate of drug-likeness (QED) is 0.709. The molecule has 1 amide bonds. The number of carbonyl (C=O) groups is 1. The van der Waals surface area contributed by atoms with Gasteiger partial charge in [0.15, 0.2) is 0 Å². The van der Waals surface area contributed by atoms with E-state index in [1.165, 1.54) is 5.69 Å². The Morgan fingerprint density at radius 1 is 1.11 bits per heavy atom. The molecule has 0 saturated heterocycles. The zero-order valence-corrected chi connectivity index (χ0v) is 17.0. The van der Waals surface area contributed by atoms with E-state index in [-0.39, 0.29) is 5.91 Å². The van der Waals surface area contributed by atoms with Crippen LogP contribution in [0.15, 0.2) is 36.5 Å². The van der Waals surface area contributed by atoms with Gasteiger partial charge in [0, 0.05) is 49.3 Å². The van der Waals surface area contributed by atoms with Gasteiger partial charge in [-0.25, -0.2) is 4.98 Å². The van der Waals surface area contributed by atoms with Gasteiger partial charge in [-0.05, 0) is 70.8 Å². The van der Waals surface area contributed by atoms with Crippen molar-refractivity contribution in [1.29, 1.82) is 0 Å². The minimum atomic E-state index is -0.133. The number of pyridine rings is 1. The number of nitrogens with zero attached hydrogens (tertiary/aromatic N) is 3. The fourth-order valence-electron chi connectivity index (χ4n) is 2.84. The lowest BCUT2D eigenvalue weighted by atomic mass is 10.1. The van der Waals surface area contributed by atoms with E-state index in [0.717, 1.165) is 37.4 Å². The van der Waals surface area contributed by atoms with Crippen molar-refractivity contribution in [2.24, 2.45) is 0 Å². The van der Waals surface area contributed by atoms with Gasteiger partial charge in [-0.2, -0.15) is 0 Å². The Morgan fingerprint density at radius 3 is 2.48 bits per heavy atom. The van der Waals surface area contributed by atoms with Gasteiger partial charge in [-0.15, -0.1) is 0 Å². The van der Waals surface area contributed by atoms with Gasteiger partial charge in [0.2, 0.25) is 0 Å². The molecular weight excluding hydrogens is 338 g/mol. The number of anilines is 3. The molecule has 0 radical (unpaired) electrons. The van der Waals surface area contributed by atoms with Gasteiger partial charge in [-0.3, -0.25) is 4.79 Å². The maximum absolute atomic E-state index is 12.6. The molecule has 0 atom stereocenters. The minimum Gasteiger partial charge on any atom is -0.372 e. The molecule has 6 nitrogen and oxygen atoms in total. The first-order chi connectivity index (χ1) is 12.9. The molecule has 2 aromatic rings. The molecule has 0 aliphatic rings. The summed E-state index contributed by atoms with van der Waals surface area (Å²) in [4.78, 5) is 21.3. The number of nitrogens with one attached hydrogen (secondary N) is 2. The average Bonchev–Trinajstić information content (AvgIpc) is 2.64. The second-order valence-electron chi connectivity index (χ2n) is 6.79. The number of aryl methyl sites for hydroxylation is 1. The van der Waals surface area contributed by atoms with Crippen molar-refractivity contribution in [3.63, 3.8) is 0 Å². The summed E-state index contributed by atoms with van der Waals surface area (Å²) in [5.74, 6) is 0.574. The number of hydrogen-bond donors (Lipinski definition) is 2. The van der Waals surface area contributed by atoms with Crippen molar-refractivity contribution in [2.75, 3.05) is 55.8 Å². The van der Waals surface area contributed by atoms with Gasteiger partial charge in [0.25, 0.3) is 5.91 Å². The molecule has 27 heavy (non-hydrogen) atoms. The number of aromatic nitrogens is 1. The van der Waals surface area contributed by atoms with Gasteiger partial charge >= 0.3 is 0 Å². The lowest BCUT2D eigenvalue weighted by molar-refractivity contribution is 0.102. The third kappa shape index (κ3) is 5.96. The first kappa shape index (κ1) is 20.7. The SMILES string of the molecule is CCN(CC)c1ccc(NC(=O)c2ccnc(NCCN(C)C)c2)c(C)c1. The van der Waals surface area contributed by atoms with Crippen molar-refractivity contribution in [3.8, 4) is 0 Å². The van der Waals surface area contributed by atoms with E-state index in [2.05, 4.69) is 51.4 Å². The molecule has 1 aromatic carbocycles. The van der Waals surface area contributed by atoms with Crippen LogP contribution in [0.3, 0.4) is 0 Å². The predicted molar refractivity (Wildman–Crippen MR) is 114 cm³/mol. The van der Waals surface area contributed by atoms with E-state index in [9.17, 15) is 4.79 Å². The highest BCUT2D eigenvalue weighted by molar-refractivity contribution is 6.05. The fourth-order valence-corrected chi connectivity index (χ4v) is 2.84. The molecule has 0 bridgehead atoms. The van der Waals surface area contributed by atoms with E-state index in [4.69, 9.17) is 0 Å². The summed E-state index contributed by atoms with van der Waals surface area (Å²) in [6.07, 6.45) is 1.66. The molecule has 1 aromatic heterocycles. The van der Waals surface area contributed by atoms with Crippen LogP contribution in [0.25, 0.3) is 0 Å². The second kappa shape index (κ2) is 9.92. The van der Waals surface area contributed by atoms with Crippen LogP contribution in [0.5, 0.6) is 0 Å². The Labute approximate surface area is 162 Å². The lowest BCUT2D eigenvalue weighted by Gasteiger charge is -2.22. The first-order valence-corrected chi connectivity index (χ1v) is 9.46. The smallest absolute Gasteiger partial charge is 0.255 e. The number of amides is 1. The van der Waals surface area contributed by atoms with Gasteiger partial charge < -0.3 is 20.4 Å². The molecule has 6 heteroatoms. The largest absolute Gasteiger partial charge is 0.372 e. The normalized spacial score (nSPS) is 10.7. The molecular formula is C21H31N5O. The van der Waals surface area contributed by atoms with Crippen molar-refractivity contribution in [1.82, 2.24) is 9.88 Å². The molecule has 0 unspecified atom stereocenters. The summed E-state index contributed by atoms with van der Waals surface area (Å²) in [6.45, 7) is 9.89. The molecule has 0 aliphatic heterocycles. The Hall–Kier alpha value is -2.60. The summed E-state index contributed by atoms with van der Waals surface area (Å²) < 4.78 is 0. The average molecular weight is 370 g/mol. The van der Waals surface area contributed by atoms with Crippen LogP contribution in [-0.2, 0) is 0 Å². The number of carbonyl (C=O) groups excluding carboxylic acids is 1. The Morgan fingerprint density at radius 2 is 1.85 bits per heavy atom. The van der Waals surface area contributed by atoms with Crippen LogP contribution >= 0.6 is 0 Å². The molecule has 1 heterocycles. The first-order valence-electron chi connectivity index (χ1n) is 9.46. The maximum Gasteiger partial charge on any atom is 0.255 e. The van der Waals surface area contributed by atoms with Crippen LogP contribution in [0, 0.1) is 6.92 Å². The number of benzene rings is 1. The van der Waals surface area contributed by atoms with Crippen molar-refractivity contribution < 1.29 is 4.79 Å². The molecule has 2 N–H and O–H groups in total. The van der Waals surface area contributed by atoms with Crippen LogP contribution < -0.4 is 15.5 Å². The standard InChI is InChI=1S/C21H31N5O/c1-6-26(7-2)18-8-9-19(16(3)14-18)24-21(27)17-10-11-22-20(15-17)23-12-13-25(4)5/h8-11,14-15H,6-7,12-13H2,1-5H3,(H,22,23)(H,24,27). The summed E-state index contributed by atoms with van der Waals surface area (Å²) in [7, 11) is 4.04. The van der Waals surface area contributed by atoms with Crippen LogP contribution in [0.4, 0.5) is 17.2 Å². The Bertz CT molecular complexity index is 756. The molecule has 0 spiro atoms. The van der Waals surface area contributed by atoms with Crippen molar-refractivity contribution >= 4 is 23.1 Å². The Balaban J connectivity index is 2.06. The lowest BCUT2D eigenvalue weighted by Crippen LogP contribution is -2.22. The molecule has 2 rings (SSSR count). The third-order valence-corrected chi connectivity index (χ3v) is 4.47. The zero-order valence-electron chi connectivity index (χ0n) is 17.0. The summed E-state index contributed by atoms with van der Waals surface area (Å²) in [5.41, 5.74) is 3.64. The third-order valence-electron chi connectivity index (χ3n) is 4.47. The summed E-state index contributed by atoms with van der Waals surface area (Å²) >= 11 is 0. The molecule has 0 aliphatic carbocycles. The van der Waals surface area contributed by atoms with E-state index in [0.29, 0.717) is 11.4 Å². The number of likely N-dealkylation sites (N-methyl/N-ethyl adjacent to an activating group) is 1. The van der Waals surface area contributed by atoms with Gasteiger partial charge in [0.05, 0.1) is 0 Å². The van der Waals surface area contributed by atoms with Crippen LogP contribution in [-0.4, -0.2) is 56.1 Å². The topological polar surface area (TPSA) is 60.5 Å². The highest BCUT2D eigenvalue weighted by atomic mass is 16.1. The monoisotopic (exact) mass is 369 g/mol. The van der Waals surface area contributed by atoms with Crippen molar-refractivity contribution in [3.05, 3.63) is 47.7 Å².